The number of halogens is 2. The van der Waals surface area contributed by atoms with Crippen LogP contribution < -0.4 is 10.2 Å². The van der Waals surface area contributed by atoms with Gasteiger partial charge in [0.25, 0.3) is 0 Å². The van der Waals surface area contributed by atoms with Crippen molar-refractivity contribution < 1.29 is 69.6 Å². The van der Waals surface area contributed by atoms with Crippen LogP contribution in [0.5, 0.6) is 11.5 Å². The van der Waals surface area contributed by atoms with Crippen LogP contribution in [-0.2, 0) is 59.4 Å². The van der Waals surface area contributed by atoms with Gasteiger partial charge in [0.2, 0.25) is 0 Å². The minimum absolute atomic E-state index is 0. The Morgan fingerprint density at radius 3 is 1.25 bits per heavy atom. The first-order chi connectivity index (χ1) is 12.0. The van der Waals surface area contributed by atoms with Crippen molar-refractivity contribution in [3.05, 3.63) is 56.5 Å². The second-order valence-electron chi connectivity index (χ2n) is 7.00. The molecule has 0 saturated heterocycles. The molecule has 2 aromatic rings. The fourth-order valence-electron chi connectivity index (χ4n) is 2.02. The SMILES string of the molecule is CC(C)(N=Cc1cc(Br)ccc1[O-])C(C)(C)N=Cc1cc(Br)ccc1[O-].[Mn].[O-2].[O-2].[O-2].[O-2].[Re]. The Balaban J connectivity index is -0.000000405. The molecule has 0 unspecified atom stereocenters. The van der Waals surface area contributed by atoms with E-state index in [0.29, 0.717) is 11.1 Å². The summed E-state index contributed by atoms with van der Waals surface area (Å²) >= 11 is 6.72. The maximum absolute atomic E-state index is 11.9. The molecule has 2 radical (unpaired) electrons. The van der Waals surface area contributed by atoms with Crippen LogP contribution in [0.4, 0.5) is 0 Å². The van der Waals surface area contributed by atoms with Gasteiger partial charge in [-0.05, 0) is 63.1 Å². The second-order valence-corrected chi connectivity index (χ2v) is 8.83. The van der Waals surface area contributed by atoms with Gasteiger partial charge in [-0.2, -0.15) is 0 Å². The van der Waals surface area contributed by atoms with Crippen LogP contribution in [-0.4, -0.2) is 23.5 Å². The zero-order chi connectivity index (χ0) is 19.5. The van der Waals surface area contributed by atoms with Crippen LogP contribution in [0.15, 0.2) is 55.3 Å². The van der Waals surface area contributed by atoms with Crippen LogP contribution >= 0.6 is 31.9 Å². The third-order valence-corrected chi connectivity index (χ3v) is 5.48. The van der Waals surface area contributed by atoms with Gasteiger partial charge < -0.3 is 32.1 Å². The van der Waals surface area contributed by atoms with E-state index in [0.717, 1.165) is 8.95 Å². The Kier molecular flexibility index (Phi) is 22.0. The van der Waals surface area contributed by atoms with Crippen molar-refractivity contribution >= 4 is 44.3 Å². The van der Waals surface area contributed by atoms with Gasteiger partial charge in [0.05, 0.1) is 11.1 Å². The number of aliphatic imine (C=N–C) groups is 2. The Morgan fingerprint density at radius 2 is 0.969 bits per heavy atom. The van der Waals surface area contributed by atoms with E-state index < -0.39 is 11.1 Å². The molecule has 0 saturated carbocycles. The molecule has 2 rings (SSSR count). The third kappa shape index (κ3) is 11.0. The summed E-state index contributed by atoms with van der Waals surface area (Å²) in [5, 5.41) is 23.9. The third-order valence-electron chi connectivity index (χ3n) is 4.49. The van der Waals surface area contributed by atoms with E-state index in [1.165, 1.54) is 12.1 Å². The largest absolute Gasteiger partial charge is 2.00 e. The number of rotatable bonds is 5. The zero-order valence-electron chi connectivity index (χ0n) is 17.5. The summed E-state index contributed by atoms with van der Waals surface area (Å²) in [6, 6.07) is 9.90. The average molecular weight is 785 g/mol. The van der Waals surface area contributed by atoms with Crippen LogP contribution in [0.3, 0.4) is 0 Å². The van der Waals surface area contributed by atoms with Crippen molar-refractivity contribution in [3.8, 4) is 11.5 Å². The number of hydrogen-bond acceptors (Lipinski definition) is 4. The van der Waals surface area contributed by atoms with Gasteiger partial charge >= 0.3 is 0 Å². The molecule has 0 N–H and O–H groups in total. The van der Waals surface area contributed by atoms with Gasteiger partial charge in [-0.15, -0.1) is 0 Å². The molecule has 0 aromatic heterocycles. The molecule has 0 heterocycles. The first kappa shape index (κ1) is 41.6. The van der Waals surface area contributed by atoms with E-state index >= 15 is 0 Å². The van der Waals surface area contributed by atoms with Crippen molar-refractivity contribution in [1.29, 1.82) is 0 Å². The van der Waals surface area contributed by atoms with Gasteiger partial charge in [-0.3, -0.25) is 9.98 Å². The summed E-state index contributed by atoms with van der Waals surface area (Å²) < 4.78 is 1.65. The maximum Gasteiger partial charge on any atom is 0.0797 e. The van der Waals surface area contributed by atoms with Gasteiger partial charge in [0.15, 0.2) is 0 Å². The average Bonchev–Trinajstić information content (AvgIpc) is 2.56. The molecule has 2 aromatic carbocycles. The molecular weight excluding hydrogens is 765 g/mol. The molecule has 0 aliphatic rings. The Labute approximate surface area is 229 Å². The van der Waals surface area contributed by atoms with E-state index in [1.807, 2.05) is 27.7 Å². The van der Waals surface area contributed by atoms with Gasteiger partial charge in [0, 0.05) is 58.9 Å². The minimum Gasteiger partial charge on any atom is -2.00 e. The molecule has 8 nitrogen and oxygen atoms in total. The molecule has 0 atom stereocenters. The smallest absolute Gasteiger partial charge is 0.0797 e. The number of hydrogen-bond donors (Lipinski definition) is 0. The van der Waals surface area contributed by atoms with E-state index in [-0.39, 0.29) is 70.9 Å². The van der Waals surface area contributed by atoms with Crippen molar-refractivity contribution in [3.63, 3.8) is 0 Å². The molecule has 0 fully saturated rings. The van der Waals surface area contributed by atoms with E-state index in [9.17, 15) is 10.2 Å². The molecule has 0 bridgehead atoms. The van der Waals surface area contributed by atoms with Crippen LogP contribution in [0, 0.1) is 0 Å². The Hall–Kier alpha value is -0.638. The minimum atomic E-state index is -0.590. The van der Waals surface area contributed by atoms with E-state index in [1.54, 1.807) is 36.7 Å². The van der Waals surface area contributed by atoms with E-state index in [2.05, 4.69) is 41.8 Å². The number of nitrogens with zero attached hydrogens (tertiary/aromatic N) is 2. The van der Waals surface area contributed by atoms with Crippen LogP contribution in [0.25, 0.3) is 0 Å². The Morgan fingerprint density at radius 1 is 0.688 bits per heavy atom. The predicted molar refractivity (Wildman–Crippen MR) is 113 cm³/mol. The molecule has 0 amide bonds. The zero-order valence-corrected chi connectivity index (χ0v) is 24.5. The van der Waals surface area contributed by atoms with Crippen LogP contribution in [0.1, 0.15) is 38.8 Å². The molecule has 0 aliphatic heterocycles. The van der Waals surface area contributed by atoms with Crippen molar-refractivity contribution in [2.45, 2.75) is 38.8 Å². The summed E-state index contributed by atoms with van der Waals surface area (Å²) in [6.45, 7) is 7.79. The van der Waals surface area contributed by atoms with Crippen molar-refractivity contribution in [2.24, 2.45) is 9.98 Å². The molecule has 32 heavy (non-hydrogen) atoms. The molecule has 0 spiro atoms. The van der Waals surface area contributed by atoms with Gasteiger partial charge in [-0.25, -0.2) is 0 Å². The van der Waals surface area contributed by atoms with Crippen molar-refractivity contribution in [2.75, 3.05) is 0 Å². The standard InChI is InChI=1S/C20H22Br2N2O2.Mn.4O.Re/c1-19(2,23-11-13-9-15(21)5-7-17(13)25)20(3,4)24-12-14-10-16(22)6-8-18(14)26;;;;;;/h5-12,25-26H,1-4H3;;;;;;/q;;4*-2;/p-2. The Bertz CT molecular complexity index is 812. The second kappa shape index (κ2) is 16.9. The molecule has 184 valence electrons. The predicted octanol–water partition coefficient (Wildman–Crippen LogP) is 3.97. The van der Waals surface area contributed by atoms with E-state index in [4.69, 9.17) is 0 Å². The fraction of sp³-hybridized carbons (Fsp3) is 0.300. The quantitative estimate of drug-likeness (QED) is 0.329. The first-order valence-electron chi connectivity index (χ1n) is 8.05. The number of benzene rings is 2. The summed E-state index contributed by atoms with van der Waals surface area (Å²) in [6.07, 6.45) is 3.17. The summed E-state index contributed by atoms with van der Waals surface area (Å²) in [5.41, 5.74) is -0.150. The maximum atomic E-state index is 11.9. The van der Waals surface area contributed by atoms with Gasteiger partial charge in [0.1, 0.15) is 0 Å². The first-order valence-corrected chi connectivity index (χ1v) is 9.64. The molecular formula is C20H20Br2MnN2O6Re-10. The fourth-order valence-corrected chi connectivity index (χ4v) is 2.78. The monoisotopic (exact) mass is 784 g/mol. The van der Waals surface area contributed by atoms with Gasteiger partial charge in [-0.1, -0.05) is 55.5 Å². The molecule has 0 aliphatic carbocycles. The topological polar surface area (TPSA) is 185 Å². The van der Waals surface area contributed by atoms with Crippen molar-refractivity contribution in [1.82, 2.24) is 0 Å². The summed E-state index contributed by atoms with van der Waals surface area (Å²) in [4.78, 5) is 9.21. The molecule has 12 heteroatoms. The normalized spacial score (nSPS) is 10.6. The summed E-state index contributed by atoms with van der Waals surface area (Å²) in [7, 11) is 0. The summed E-state index contributed by atoms with van der Waals surface area (Å²) in [5.74, 6) is -0.168. The van der Waals surface area contributed by atoms with Crippen LogP contribution in [0.2, 0.25) is 0 Å².